The number of hydrogen-bond acceptors (Lipinski definition) is 4. The van der Waals surface area contributed by atoms with Crippen molar-refractivity contribution in [1.82, 2.24) is 4.98 Å². The maximum atomic E-state index is 5.85. The monoisotopic (exact) mass is 276 g/mol. The summed E-state index contributed by atoms with van der Waals surface area (Å²) >= 11 is 1.67. The highest BCUT2D eigenvalue weighted by Crippen LogP contribution is 2.33. The van der Waals surface area contributed by atoms with Crippen molar-refractivity contribution in [2.45, 2.75) is 32.9 Å². The molecular weight excluding hydrogens is 256 g/mol. The van der Waals surface area contributed by atoms with Gasteiger partial charge in [-0.05, 0) is 13.3 Å². The Morgan fingerprint density at radius 2 is 2.00 bits per heavy atom. The zero-order valence-electron chi connectivity index (χ0n) is 11.4. The number of ether oxygens (including phenoxy) is 1. The molecule has 0 bridgehead atoms. The van der Waals surface area contributed by atoms with Crippen LogP contribution in [0.3, 0.4) is 0 Å². The first-order valence-corrected chi connectivity index (χ1v) is 7.48. The van der Waals surface area contributed by atoms with Crippen LogP contribution in [-0.2, 0) is 11.3 Å². The third-order valence-corrected chi connectivity index (χ3v) is 4.13. The van der Waals surface area contributed by atoms with Crippen molar-refractivity contribution in [3.8, 4) is 11.3 Å². The molecule has 4 heteroatoms. The highest BCUT2D eigenvalue weighted by molar-refractivity contribution is 7.12. The van der Waals surface area contributed by atoms with Gasteiger partial charge in [0.1, 0.15) is 11.1 Å². The second kappa shape index (κ2) is 6.80. The molecule has 1 unspecified atom stereocenters. The molecular formula is C15H20N2OS. The molecule has 0 aliphatic carbocycles. The van der Waals surface area contributed by atoms with Gasteiger partial charge in [0.05, 0.1) is 5.69 Å². The van der Waals surface area contributed by atoms with Gasteiger partial charge in [0.15, 0.2) is 0 Å². The average molecular weight is 276 g/mol. The zero-order valence-corrected chi connectivity index (χ0v) is 12.2. The Morgan fingerprint density at radius 1 is 1.26 bits per heavy atom. The Bertz CT molecular complexity index is 510. The van der Waals surface area contributed by atoms with Gasteiger partial charge in [0, 0.05) is 23.6 Å². The van der Waals surface area contributed by atoms with Gasteiger partial charge >= 0.3 is 0 Å². The van der Waals surface area contributed by atoms with Gasteiger partial charge in [-0.3, -0.25) is 0 Å². The van der Waals surface area contributed by atoms with Crippen LogP contribution in [0.1, 0.15) is 36.3 Å². The van der Waals surface area contributed by atoms with Crippen molar-refractivity contribution in [3.05, 3.63) is 40.2 Å². The summed E-state index contributed by atoms with van der Waals surface area (Å²) in [6.07, 6.45) is 1.01. The van der Waals surface area contributed by atoms with Crippen LogP contribution < -0.4 is 5.73 Å². The van der Waals surface area contributed by atoms with Crippen molar-refractivity contribution in [2.24, 2.45) is 5.73 Å². The Kier molecular flexibility index (Phi) is 5.07. The fraction of sp³-hybridized carbons (Fsp3) is 0.400. The smallest absolute Gasteiger partial charge is 0.123 e. The lowest BCUT2D eigenvalue weighted by Gasteiger charge is -2.11. The molecule has 2 N–H and O–H groups in total. The number of benzene rings is 1. The fourth-order valence-electron chi connectivity index (χ4n) is 2.03. The summed E-state index contributed by atoms with van der Waals surface area (Å²) in [6.45, 7) is 5.35. The van der Waals surface area contributed by atoms with Crippen molar-refractivity contribution >= 4 is 11.3 Å². The van der Waals surface area contributed by atoms with Gasteiger partial charge in [-0.2, -0.15) is 0 Å². The summed E-state index contributed by atoms with van der Waals surface area (Å²) in [7, 11) is 0. The van der Waals surface area contributed by atoms with Gasteiger partial charge in [0.2, 0.25) is 0 Å². The van der Waals surface area contributed by atoms with Gasteiger partial charge in [-0.1, -0.05) is 37.3 Å². The number of aromatic nitrogens is 1. The molecule has 0 fully saturated rings. The molecule has 0 aliphatic heterocycles. The highest BCUT2D eigenvalue weighted by Gasteiger charge is 2.18. The van der Waals surface area contributed by atoms with Gasteiger partial charge in [-0.15, -0.1) is 11.3 Å². The summed E-state index contributed by atoms with van der Waals surface area (Å²) in [6, 6.07) is 10.2. The molecule has 0 radical (unpaired) electrons. The Morgan fingerprint density at radius 3 is 2.58 bits per heavy atom. The fourth-order valence-corrected chi connectivity index (χ4v) is 3.13. The molecule has 0 saturated heterocycles. The SMILES string of the molecule is CCOC(CC)c1nc(-c2ccccc2)c(CN)s1. The zero-order chi connectivity index (χ0) is 13.7. The molecule has 102 valence electrons. The van der Waals surface area contributed by atoms with E-state index in [0.717, 1.165) is 27.6 Å². The largest absolute Gasteiger partial charge is 0.371 e. The minimum absolute atomic E-state index is 0.0813. The van der Waals surface area contributed by atoms with E-state index in [4.69, 9.17) is 15.5 Å². The van der Waals surface area contributed by atoms with Gasteiger partial charge < -0.3 is 10.5 Å². The summed E-state index contributed by atoms with van der Waals surface area (Å²) in [4.78, 5) is 5.88. The number of nitrogens with zero attached hydrogens (tertiary/aromatic N) is 1. The number of thiazole rings is 1. The molecule has 3 nitrogen and oxygen atoms in total. The predicted molar refractivity (Wildman–Crippen MR) is 80.1 cm³/mol. The minimum atomic E-state index is 0.0813. The van der Waals surface area contributed by atoms with Crippen LogP contribution in [0.2, 0.25) is 0 Å². The van der Waals surface area contributed by atoms with E-state index in [1.54, 1.807) is 11.3 Å². The van der Waals surface area contributed by atoms with Crippen molar-refractivity contribution in [3.63, 3.8) is 0 Å². The number of hydrogen-bond donors (Lipinski definition) is 1. The maximum Gasteiger partial charge on any atom is 0.123 e. The van der Waals surface area contributed by atoms with Crippen LogP contribution in [0.15, 0.2) is 30.3 Å². The molecule has 0 aliphatic rings. The van der Waals surface area contributed by atoms with E-state index in [1.165, 1.54) is 0 Å². The van der Waals surface area contributed by atoms with Crippen LogP contribution in [0.4, 0.5) is 0 Å². The van der Waals surface area contributed by atoms with E-state index in [-0.39, 0.29) is 6.10 Å². The molecule has 1 heterocycles. The van der Waals surface area contributed by atoms with E-state index in [0.29, 0.717) is 13.2 Å². The lowest BCUT2D eigenvalue weighted by molar-refractivity contribution is 0.0597. The molecule has 2 aromatic rings. The summed E-state index contributed by atoms with van der Waals surface area (Å²) in [5, 5.41) is 1.03. The van der Waals surface area contributed by atoms with Crippen LogP contribution in [0.25, 0.3) is 11.3 Å². The lowest BCUT2D eigenvalue weighted by atomic mass is 10.1. The second-order valence-corrected chi connectivity index (χ2v) is 5.36. The first-order valence-electron chi connectivity index (χ1n) is 6.66. The van der Waals surface area contributed by atoms with Crippen molar-refractivity contribution in [2.75, 3.05) is 6.61 Å². The molecule has 0 saturated carbocycles. The topological polar surface area (TPSA) is 48.1 Å². The molecule has 1 aromatic carbocycles. The van der Waals surface area contributed by atoms with Crippen LogP contribution >= 0.6 is 11.3 Å². The minimum Gasteiger partial charge on any atom is -0.371 e. The Labute approximate surface area is 118 Å². The predicted octanol–water partition coefficient (Wildman–Crippen LogP) is 3.76. The first kappa shape index (κ1) is 14.2. The lowest BCUT2D eigenvalue weighted by Crippen LogP contribution is -2.02. The van der Waals surface area contributed by atoms with E-state index in [1.807, 2.05) is 25.1 Å². The van der Waals surface area contributed by atoms with E-state index >= 15 is 0 Å². The third kappa shape index (κ3) is 3.21. The van der Waals surface area contributed by atoms with Crippen molar-refractivity contribution < 1.29 is 4.74 Å². The highest BCUT2D eigenvalue weighted by atomic mass is 32.1. The second-order valence-electron chi connectivity index (χ2n) is 4.25. The molecule has 0 spiro atoms. The Hall–Kier alpha value is -1.23. The maximum absolute atomic E-state index is 5.85. The van der Waals surface area contributed by atoms with Crippen LogP contribution in [0, 0.1) is 0 Å². The van der Waals surface area contributed by atoms with Crippen molar-refractivity contribution in [1.29, 1.82) is 0 Å². The third-order valence-electron chi connectivity index (χ3n) is 2.96. The average Bonchev–Trinajstić information content (AvgIpc) is 2.89. The molecule has 1 atom stereocenters. The van der Waals surface area contributed by atoms with Crippen LogP contribution in [-0.4, -0.2) is 11.6 Å². The normalized spacial score (nSPS) is 12.6. The summed E-state index contributed by atoms with van der Waals surface area (Å²) in [5.41, 5.74) is 7.97. The van der Waals surface area contributed by atoms with Gasteiger partial charge in [-0.25, -0.2) is 4.98 Å². The molecule has 2 rings (SSSR count). The van der Waals surface area contributed by atoms with E-state index < -0.39 is 0 Å². The number of nitrogens with two attached hydrogens (primary N) is 1. The quantitative estimate of drug-likeness (QED) is 0.874. The Balaban J connectivity index is 2.37. The van der Waals surface area contributed by atoms with Gasteiger partial charge in [0.25, 0.3) is 0 Å². The van der Waals surface area contributed by atoms with E-state index in [2.05, 4.69) is 19.1 Å². The molecule has 1 aromatic heterocycles. The van der Waals surface area contributed by atoms with Crippen LogP contribution in [0.5, 0.6) is 0 Å². The summed E-state index contributed by atoms with van der Waals surface area (Å²) in [5.74, 6) is 0. The number of rotatable bonds is 6. The molecule has 0 amide bonds. The first-order chi connectivity index (χ1) is 9.30. The van der Waals surface area contributed by atoms with E-state index in [9.17, 15) is 0 Å². The molecule has 19 heavy (non-hydrogen) atoms. The summed E-state index contributed by atoms with van der Waals surface area (Å²) < 4.78 is 5.73. The standard InChI is InChI=1S/C15H20N2OS/c1-3-12(18-4-2)15-17-14(13(10-16)19-15)11-8-6-5-7-9-11/h5-9,12H,3-4,10,16H2,1-2H3.